The number of allylic oxidation sites excluding steroid dienone is 1. The third-order valence-electron chi connectivity index (χ3n) is 6.67. The van der Waals surface area contributed by atoms with Crippen LogP contribution in [0.4, 0.5) is 18.4 Å². The van der Waals surface area contributed by atoms with Crippen molar-refractivity contribution in [3.05, 3.63) is 77.0 Å². The van der Waals surface area contributed by atoms with Crippen LogP contribution in [0.25, 0.3) is 0 Å². The molecule has 1 atom stereocenters. The minimum absolute atomic E-state index is 0.0810. The van der Waals surface area contributed by atoms with Crippen LogP contribution in [-0.2, 0) is 15.3 Å². The molecule has 1 aliphatic carbocycles. The lowest BCUT2D eigenvalue weighted by atomic mass is 9.90. The second kappa shape index (κ2) is 12.9. The van der Waals surface area contributed by atoms with Crippen molar-refractivity contribution >= 4 is 29.0 Å². The molecule has 1 unspecified atom stereocenters. The smallest absolute Gasteiger partial charge is 0.387 e. The molecule has 4 rings (SSSR count). The van der Waals surface area contributed by atoms with E-state index in [9.17, 15) is 23.2 Å². The highest BCUT2D eigenvalue weighted by atomic mass is 32.2. The summed E-state index contributed by atoms with van der Waals surface area (Å²) in [5.74, 6) is -0.115. The number of esters is 1. The number of ether oxygens (including phenoxy) is 2. The molecule has 2 aliphatic rings. The van der Waals surface area contributed by atoms with E-state index in [0.717, 1.165) is 47.9 Å². The third kappa shape index (κ3) is 6.92. The van der Waals surface area contributed by atoms with Crippen molar-refractivity contribution in [2.24, 2.45) is 5.92 Å². The summed E-state index contributed by atoms with van der Waals surface area (Å²) in [5, 5.41) is 2.06. The summed E-state index contributed by atoms with van der Waals surface area (Å²) in [6.45, 7) is -1.16. The van der Waals surface area contributed by atoms with Gasteiger partial charge in [0, 0.05) is 11.4 Å². The number of rotatable bonds is 8. The first-order chi connectivity index (χ1) is 18.3. The van der Waals surface area contributed by atoms with Gasteiger partial charge in [-0.05, 0) is 48.9 Å². The fourth-order valence-electron chi connectivity index (χ4n) is 4.75. The van der Waals surface area contributed by atoms with Gasteiger partial charge in [0.2, 0.25) is 0 Å². The number of amides is 3. The molecule has 1 heterocycles. The summed E-state index contributed by atoms with van der Waals surface area (Å²) in [6, 6.07) is 13.1. The molecule has 1 saturated carbocycles. The van der Waals surface area contributed by atoms with Gasteiger partial charge in [0.1, 0.15) is 11.8 Å². The minimum atomic E-state index is -3.00. The normalized spacial score (nSPS) is 18.4. The van der Waals surface area contributed by atoms with Gasteiger partial charge in [0.05, 0.1) is 12.2 Å². The standard InChI is InChI=1S/C28H30F2N2O5S/c1-18-23(25(33)36-16-19-8-4-2-5-9-19)24(21-12-14-22(15-13-21)37-26(29)30)32(27(34)31-18)28(35)38-17-20-10-6-3-7-11-20/h3,6-7,10-15,19,24,26H,2,4-5,8-9,16-17H2,1H3,(H,31,34). The number of nitrogens with one attached hydrogen (secondary N) is 1. The van der Waals surface area contributed by atoms with E-state index in [1.165, 1.54) is 30.7 Å². The van der Waals surface area contributed by atoms with E-state index < -0.39 is 29.9 Å². The number of urea groups is 1. The Labute approximate surface area is 224 Å². The van der Waals surface area contributed by atoms with Crippen LogP contribution in [0, 0.1) is 5.92 Å². The van der Waals surface area contributed by atoms with E-state index in [-0.39, 0.29) is 29.5 Å². The van der Waals surface area contributed by atoms with Crippen LogP contribution in [0.15, 0.2) is 65.9 Å². The van der Waals surface area contributed by atoms with Gasteiger partial charge in [-0.15, -0.1) is 0 Å². The van der Waals surface area contributed by atoms with Gasteiger partial charge >= 0.3 is 18.6 Å². The first-order valence-corrected chi connectivity index (χ1v) is 13.6. The number of hydrogen-bond donors (Lipinski definition) is 1. The summed E-state index contributed by atoms with van der Waals surface area (Å²) < 4.78 is 35.5. The lowest BCUT2D eigenvalue weighted by molar-refractivity contribution is -0.141. The van der Waals surface area contributed by atoms with Crippen LogP contribution in [0.2, 0.25) is 0 Å². The van der Waals surface area contributed by atoms with Gasteiger partial charge in [-0.1, -0.05) is 73.5 Å². The predicted molar refractivity (Wildman–Crippen MR) is 140 cm³/mol. The van der Waals surface area contributed by atoms with Crippen LogP contribution in [0.3, 0.4) is 0 Å². The number of carbonyl (C=O) groups excluding carboxylic acids is 3. The molecular formula is C28H30F2N2O5S. The highest BCUT2D eigenvalue weighted by Gasteiger charge is 2.42. The molecule has 2 aromatic carbocycles. The number of carbonyl (C=O) groups is 3. The largest absolute Gasteiger partial charge is 0.462 e. The van der Waals surface area contributed by atoms with Crippen molar-refractivity contribution in [3.8, 4) is 5.75 Å². The number of halogens is 2. The second-order valence-corrected chi connectivity index (χ2v) is 10.3. The fraction of sp³-hybridized carbons (Fsp3) is 0.393. The number of thioether (sulfide) groups is 1. The fourth-order valence-corrected chi connectivity index (χ4v) is 5.56. The molecule has 1 N–H and O–H groups in total. The van der Waals surface area contributed by atoms with E-state index in [1.807, 2.05) is 30.3 Å². The Kier molecular flexibility index (Phi) is 9.38. The molecule has 0 saturated heterocycles. The molecule has 0 bridgehead atoms. The van der Waals surface area contributed by atoms with E-state index in [2.05, 4.69) is 10.1 Å². The minimum Gasteiger partial charge on any atom is -0.462 e. The highest BCUT2D eigenvalue weighted by molar-refractivity contribution is 8.12. The molecule has 7 nitrogen and oxygen atoms in total. The Morgan fingerprint density at radius 1 is 1.05 bits per heavy atom. The summed E-state index contributed by atoms with van der Waals surface area (Å²) in [6.07, 6.45) is 5.33. The molecule has 38 heavy (non-hydrogen) atoms. The van der Waals surface area contributed by atoms with Crippen LogP contribution in [0.5, 0.6) is 5.75 Å². The van der Waals surface area contributed by atoms with E-state index in [0.29, 0.717) is 11.3 Å². The monoisotopic (exact) mass is 544 g/mol. The summed E-state index contributed by atoms with van der Waals surface area (Å²) in [5.41, 5.74) is 1.68. The first kappa shape index (κ1) is 27.6. The molecular weight excluding hydrogens is 514 g/mol. The Hall–Kier alpha value is -3.40. The third-order valence-corrected chi connectivity index (χ3v) is 7.59. The van der Waals surface area contributed by atoms with Gasteiger partial charge < -0.3 is 14.8 Å². The Balaban J connectivity index is 1.62. The zero-order valence-electron chi connectivity index (χ0n) is 21.0. The number of hydrogen-bond acceptors (Lipinski definition) is 6. The van der Waals surface area contributed by atoms with Crippen LogP contribution in [0.1, 0.15) is 56.2 Å². The lowest BCUT2D eigenvalue weighted by Crippen LogP contribution is -2.50. The Bertz CT molecular complexity index is 1170. The summed E-state index contributed by atoms with van der Waals surface area (Å²) >= 11 is 0.928. The van der Waals surface area contributed by atoms with Crippen molar-refractivity contribution in [1.82, 2.24) is 10.2 Å². The van der Waals surface area contributed by atoms with E-state index in [4.69, 9.17) is 4.74 Å². The number of benzene rings is 2. The lowest BCUT2D eigenvalue weighted by Gasteiger charge is -2.36. The Morgan fingerprint density at radius 3 is 2.39 bits per heavy atom. The predicted octanol–water partition coefficient (Wildman–Crippen LogP) is 6.81. The average Bonchev–Trinajstić information content (AvgIpc) is 2.91. The SMILES string of the molecule is CC1=C(C(=O)OCC2CCCCC2)C(c2ccc(OC(F)F)cc2)N(C(=O)SCc2ccccc2)C(=O)N1. The molecule has 0 aromatic heterocycles. The molecule has 1 fully saturated rings. The number of nitrogens with zero attached hydrogens (tertiary/aromatic N) is 1. The van der Waals surface area contributed by atoms with Crippen LogP contribution in [-0.4, -0.2) is 35.4 Å². The maximum atomic E-state index is 13.4. The van der Waals surface area contributed by atoms with Gasteiger partial charge in [0.25, 0.3) is 5.24 Å². The maximum absolute atomic E-state index is 13.4. The van der Waals surface area contributed by atoms with Crippen molar-refractivity contribution in [2.45, 2.75) is 57.4 Å². The van der Waals surface area contributed by atoms with Crippen LogP contribution < -0.4 is 10.1 Å². The van der Waals surface area contributed by atoms with Crippen LogP contribution >= 0.6 is 11.8 Å². The topological polar surface area (TPSA) is 84.9 Å². The van der Waals surface area contributed by atoms with Gasteiger partial charge in [-0.3, -0.25) is 4.79 Å². The molecule has 3 amide bonds. The average molecular weight is 545 g/mol. The van der Waals surface area contributed by atoms with E-state index >= 15 is 0 Å². The van der Waals surface area contributed by atoms with Crippen molar-refractivity contribution in [3.63, 3.8) is 0 Å². The number of imide groups is 1. The first-order valence-electron chi connectivity index (χ1n) is 12.6. The quantitative estimate of drug-likeness (QED) is 0.368. The zero-order valence-corrected chi connectivity index (χ0v) is 21.8. The van der Waals surface area contributed by atoms with Gasteiger partial charge in [-0.25, -0.2) is 14.5 Å². The van der Waals surface area contributed by atoms with Gasteiger partial charge in [-0.2, -0.15) is 8.78 Å². The van der Waals surface area contributed by atoms with Crippen molar-refractivity contribution in [2.75, 3.05) is 6.61 Å². The Morgan fingerprint density at radius 2 is 1.74 bits per heavy atom. The molecule has 10 heteroatoms. The zero-order chi connectivity index (χ0) is 27.1. The summed E-state index contributed by atoms with van der Waals surface area (Å²) in [4.78, 5) is 40.9. The van der Waals surface area contributed by atoms with Gasteiger partial charge in [0.15, 0.2) is 0 Å². The highest BCUT2D eigenvalue weighted by Crippen LogP contribution is 2.38. The second-order valence-electron chi connectivity index (χ2n) is 9.33. The molecule has 2 aromatic rings. The molecule has 202 valence electrons. The molecule has 0 spiro atoms. The summed E-state index contributed by atoms with van der Waals surface area (Å²) in [7, 11) is 0. The van der Waals surface area contributed by atoms with Crippen molar-refractivity contribution < 1.29 is 32.6 Å². The molecule has 0 radical (unpaired) electrons. The number of alkyl halides is 2. The maximum Gasteiger partial charge on any atom is 0.387 e. The van der Waals surface area contributed by atoms with E-state index in [1.54, 1.807) is 6.92 Å². The van der Waals surface area contributed by atoms with Crippen molar-refractivity contribution in [1.29, 1.82) is 0 Å². The molecule has 1 aliphatic heterocycles.